The van der Waals surface area contributed by atoms with Crippen LogP contribution in [0.15, 0.2) is 48.5 Å². The summed E-state index contributed by atoms with van der Waals surface area (Å²) in [6, 6.07) is 9.18. The molecule has 3 heterocycles. The maximum absolute atomic E-state index is 12.3. The van der Waals surface area contributed by atoms with Gasteiger partial charge in [0.15, 0.2) is 16.6 Å². The third kappa shape index (κ3) is 2.97. The van der Waals surface area contributed by atoms with E-state index in [0.29, 0.717) is 16.6 Å². The molecule has 0 spiro atoms. The molecule has 6 nitrogen and oxygen atoms in total. The molecule has 0 bridgehead atoms. The first-order chi connectivity index (χ1) is 12.1. The van der Waals surface area contributed by atoms with Crippen molar-refractivity contribution in [3.05, 3.63) is 58.9 Å². The first kappa shape index (κ1) is 15.3. The number of thiazole rings is 1. The van der Waals surface area contributed by atoms with Gasteiger partial charge in [0, 0.05) is 22.8 Å². The Morgan fingerprint density at radius 2 is 2.04 bits per heavy atom. The molecule has 1 aliphatic heterocycles. The maximum Gasteiger partial charge on any atom is 0.291 e. The number of fused-ring (bicyclic) bond motifs is 1. The van der Waals surface area contributed by atoms with Crippen LogP contribution in [0.3, 0.4) is 0 Å². The van der Waals surface area contributed by atoms with Crippen LogP contribution >= 0.6 is 11.3 Å². The van der Waals surface area contributed by atoms with E-state index in [1.165, 1.54) is 11.3 Å². The van der Waals surface area contributed by atoms with E-state index in [1.54, 1.807) is 30.6 Å². The summed E-state index contributed by atoms with van der Waals surface area (Å²) in [5.41, 5.74) is 8.92. The Morgan fingerprint density at radius 3 is 2.76 bits per heavy atom. The summed E-state index contributed by atoms with van der Waals surface area (Å²) in [4.78, 5) is 21.7. The summed E-state index contributed by atoms with van der Waals surface area (Å²) in [7, 11) is 0. The van der Waals surface area contributed by atoms with E-state index in [9.17, 15) is 4.79 Å². The van der Waals surface area contributed by atoms with Crippen LogP contribution in [0.4, 0.5) is 10.8 Å². The van der Waals surface area contributed by atoms with Crippen LogP contribution in [0.1, 0.15) is 10.4 Å². The minimum atomic E-state index is -0.295. The van der Waals surface area contributed by atoms with E-state index in [4.69, 9.17) is 10.5 Å². The lowest BCUT2D eigenvalue weighted by Crippen LogP contribution is -2.23. The number of aromatic nitrogens is 2. The second-order valence-electron chi connectivity index (χ2n) is 5.51. The van der Waals surface area contributed by atoms with E-state index in [-0.39, 0.29) is 11.7 Å². The predicted molar refractivity (Wildman–Crippen MR) is 98.2 cm³/mol. The minimum absolute atomic E-state index is 0.237. The van der Waals surface area contributed by atoms with Gasteiger partial charge in [0.05, 0.1) is 11.4 Å². The number of rotatable bonds is 2. The van der Waals surface area contributed by atoms with Gasteiger partial charge >= 0.3 is 0 Å². The predicted octanol–water partition coefficient (Wildman–Crippen LogP) is 3.47. The van der Waals surface area contributed by atoms with Gasteiger partial charge < -0.3 is 15.8 Å². The van der Waals surface area contributed by atoms with Gasteiger partial charge in [-0.25, -0.2) is 4.98 Å². The summed E-state index contributed by atoms with van der Waals surface area (Å²) in [5.74, 6) is 0.529. The second-order valence-corrected chi connectivity index (χ2v) is 6.75. The number of nitrogen functional groups attached to an aromatic ring is 1. The van der Waals surface area contributed by atoms with Crippen molar-refractivity contribution >= 4 is 34.1 Å². The van der Waals surface area contributed by atoms with Crippen LogP contribution in [0.25, 0.3) is 17.3 Å². The lowest BCUT2D eigenvalue weighted by atomic mass is 10.1. The highest BCUT2D eigenvalue weighted by Gasteiger charge is 2.23. The van der Waals surface area contributed by atoms with Crippen LogP contribution in [0, 0.1) is 6.92 Å². The van der Waals surface area contributed by atoms with Crippen molar-refractivity contribution < 1.29 is 9.53 Å². The van der Waals surface area contributed by atoms with E-state index in [0.717, 1.165) is 21.7 Å². The molecule has 0 atom stereocenters. The number of nitrogens with one attached hydrogen (secondary N) is 1. The average Bonchev–Trinajstić information content (AvgIpc) is 2.94. The monoisotopic (exact) mass is 350 g/mol. The molecule has 3 N–H and O–H groups in total. The largest absolute Gasteiger partial charge is 0.449 e. The van der Waals surface area contributed by atoms with Gasteiger partial charge in [-0.1, -0.05) is 0 Å². The van der Waals surface area contributed by atoms with Crippen LogP contribution in [-0.2, 0) is 4.79 Å². The molecule has 0 radical (unpaired) electrons. The Labute approximate surface area is 148 Å². The Bertz CT molecular complexity index is 996. The van der Waals surface area contributed by atoms with Gasteiger partial charge in [-0.3, -0.25) is 9.78 Å². The smallest absolute Gasteiger partial charge is 0.291 e. The highest BCUT2D eigenvalue weighted by molar-refractivity contribution is 7.15. The molecule has 0 saturated carbocycles. The number of nitrogens with two attached hydrogens (primary N) is 1. The van der Waals surface area contributed by atoms with Crippen molar-refractivity contribution in [2.45, 2.75) is 6.92 Å². The molecule has 0 saturated heterocycles. The molecule has 3 aromatic rings. The van der Waals surface area contributed by atoms with Crippen molar-refractivity contribution in [2.75, 3.05) is 11.1 Å². The zero-order valence-corrected chi connectivity index (χ0v) is 14.1. The summed E-state index contributed by atoms with van der Waals surface area (Å²) < 4.78 is 5.76. The van der Waals surface area contributed by atoms with Crippen molar-refractivity contribution in [2.24, 2.45) is 0 Å². The number of amides is 1. The quantitative estimate of drug-likeness (QED) is 0.691. The normalized spacial score (nSPS) is 14.8. The Morgan fingerprint density at radius 1 is 1.24 bits per heavy atom. The maximum atomic E-state index is 12.3. The van der Waals surface area contributed by atoms with Gasteiger partial charge in [0.1, 0.15) is 0 Å². The van der Waals surface area contributed by atoms with Gasteiger partial charge in [-0.2, -0.15) is 0 Å². The van der Waals surface area contributed by atoms with Crippen molar-refractivity contribution in [3.8, 4) is 17.0 Å². The van der Waals surface area contributed by atoms with Crippen LogP contribution in [0.2, 0.25) is 0 Å². The molecule has 7 heteroatoms. The molecule has 0 aliphatic carbocycles. The fourth-order valence-electron chi connectivity index (χ4n) is 2.60. The highest BCUT2D eigenvalue weighted by atomic mass is 32.1. The lowest BCUT2D eigenvalue weighted by molar-refractivity contribution is -0.115. The molecule has 2 aromatic heterocycles. The molecular formula is C18H14N4O2S. The molecule has 0 fully saturated rings. The van der Waals surface area contributed by atoms with Crippen LogP contribution < -0.4 is 15.8 Å². The first-order valence-electron chi connectivity index (χ1n) is 7.58. The van der Waals surface area contributed by atoms with Gasteiger partial charge in [-0.05, 0) is 48.9 Å². The third-order valence-electron chi connectivity index (χ3n) is 3.76. The minimum Gasteiger partial charge on any atom is -0.449 e. The number of carbonyl (C=O) groups excluding carboxylic acids is 1. The number of aryl methyl sites for hydroxylation is 1. The Balaban J connectivity index is 1.68. The fourth-order valence-corrected chi connectivity index (χ4v) is 3.31. The summed E-state index contributed by atoms with van der Waals surface area (Å²) in [5, 5.41) is 3.38. The molecule has 0 unspecified atom stereocenters. The summed E-state index contributed by atoms with van der Waals surface area (Å²) in [6.07, 6.45) is 5.00. The third-order valence-corrected chi connectivity index (χ3v) is 4.56. The number of anilines is 2. The Hall–Kier alpha value is -3.19. The zero-order chi connectivity index (χ0) is 17.4. The van der Waals surface area contributed by atoms with E-state index < -0.39 is 0 Å². The van der Waals surface area contributed by atoms with Gasteiger partial charge in [0.2, 0.25) is 0 Å². The molecule has 4 rings (SSSR count). The molecular weight excluding hydrogens is 336 g/mol. The molecule has 1 aliphatic rings. The molecule has 25 heavy (non-hydrogen) atoms. The number of benzene rings is 1. The number of hydrogen-bond donors (Lipinski definition) is 2. The van der Waals surface area contributed by atoms with E-state index in [1.807, 2.05) is 25.1 Å². The number of carbonyl (C=O) groups is 1. The number of pyridine rings is 1. The van der Waals surface area contributed by atoms with Crippen LogP contribution in [-0.4, -0.2) is 15.9 Å². The standard InChI is InChI=1S/C18H14N4O2S/c1-10-16(22-18(19)25-10)12-2-3-14-13(9-12)21-17(23)15(24-14)8-11-4-6-20-7-5-11/h2-9H,1H3,(H2,19,22)(H,21,23)/b15-8+. The average molecular weight is 350 g/mol. The SMILES string of the molecule is Cc1sc(N)nc1-c1ccc2c(c1)NC(=O)/C(=C\c1ccncc1)O2. The number of nitrogens with zero attached hydrogens (tertiary/aromatic N) is 2. The first-order valence-corrected chi connectivity index (χ1v) is 8.40. The van der Waals surface area contributed by atoms with Crippen LogP contribution in [0.5, 0.6) is 5.75 Å². The zero-order valence-electron chi connectivity index (χ0n) is 13.3. The summed E-state index contributed by atoms with van der Waals surface area (Å²) >= 11 is 1.44. The van der Waals surface area contributed by atoms with Crippen molar-refractivity contribution in [3.63, 3.8) is 0 Å². The number of ether oxygens (including phenoxy) is 1. The lowest BCUT2D eigenvalue weighted by Gasteiger charge is -2.20. The number of hydrogen-bond acceptors (Lipinski definition) is 6. The summed E-state index contributed by atoms with van der Waals surface area (Å²) in [6.45, 7) is 1.97. The molecule has 1 aromatic carbocycles. The molecule has 1 amide bonds. The van der Waals surface area contributed by atoms with Crippen molar-refractivity contribution in [1.82, 2.24) is 9.97 Å². The van der Waals surface area contributed by atoms with E-state index in [2.05, 4.69) is 15.3 Å². The molecule has 124 valence electrons. The second kappa shape index (κ2) is 6.03. The van der Waals surface area contributed by atoms with E-state index >= 15 is 0 Å². The Kier molecular flexibility index (Phi) is 3.70. The van der Waals surface area contributed by atoms with Gasteiger partial charge in [-0.15, -0.1) is 11.3 Å². The van der Waals surface area contributed by atoms with Gasteiger partial charge in [0.25, 0.3) is 5.91 Å². The fraction of sp³-hybridized carbons (Fsp3) is 0.0556. The highest BCUT2D eigenvalue weighted by Crippen LogP contribution is 2.37. The van der Waals surface area contributed by atoms with Crippen molar-refractivity contribution in [1.29, 1.82) is 0 Å². The topological polar surface area (TPSA) is 90.1 Å².